The number of hydrogen-bond donors (Lipinski definition) is 1. The molecule has 0 fully saturated rings. The summed E-state index contributed by atoms with van der Waals surface area (Å²) in [4.78, 5) is 4.59. The molecule has 1 aromatic carbocycles. The van der Waals surface area contributed by atoms with Crippen molar-refractivity contribution in [3.05, 3.63) is 41.3 Å². The second kappa shape index (κ2) is 3.92. The van der Waals surface area contributed by atoms with E-state index in [1.807, 2.05) is 30.3 Å². The van der Waals surface area contributed by atoms with Gasteiger partial charge in [-0.25, -0.2) is 4.98 Å². The fraction of sp³-hybridized carbons (Fsp3) is 0.250. The molecule has 0 bridgehead atoms. The van der Waals surface area contributed by atoms with Gasteiger partial charge in [0.05, 0.1) is 6.54 Å². The number of nitrogens with zero attached hydrogens (tertiary/aromatic N) is 2. The summed E-state index contributed by atoms with van der Waals surface area (Å²) in [6.45, 7) is 2.65. The van der Waals surface area contributed by atoms with Crippen molar-refractivity contribution < 1.29 is 0 Å². The molecule has 0 saturated carbocycles. The van der Waals surface area contributed by atoms with Crippen molar-refractivity contribution >= 4 is 11.6 Å². The van der Waals surface area contributed by atoms with Gasteiger partial charge in [0.2, 0.25) is 0 Å². The average Bonchev–Trinajstić information content (AvgIpc) is 2.69. The molecule has 82 valence electrons. The van der Waals surface area contributed by atoms with Crippen LogP contribution in [0.4, 0.5) is 0 Å². The summed E-state index contributed by atoms with van der Waals surface area (Å²) in [6.07, 6.45) is 0. The minimum Gasteiger partial charge on any atom is -0.316 e. The summed E-state index contributed by atoms with van der Waals surface area (Å²) in [5.41, 5.74) is 1.97. The van der Waals surface area contributed by atoms with E-state index in [1.54, 1.807) is 0 Å². The minimum atomic E-state index is 0.753. The fourth-order valence-corrected chi connectivity index (χ4v) is 2.34. The van der Waals surface area contributed by atoms with Crippen molar-refractivity contribution in [1.29, 1.82) is 0 Å². The van der Waals surface area contributed by atoms with Crippen LogP contribution < -0.4 is 5.32 Å². The van der Waals surface area contributed by atoms with Crippen molar-refractivity contribution in [2.24, 2.45) is 0 Å². The van der Waals surface area contributed by atoms with Crippen LogP contribution in [0.1, 0.15) is 5.82 Å². The SMILES string of the molecule is Clc1c(-c2ccccc2)nc2n1CCNC2. The van der Waals surface area contributed by atoms with Crippen LogP contribution in [0, 0.1) is 0 Å². The summed E-state index contributed by atoms with van der Waals surface area (Å²) >= 11 is 6.35. The highest BCUT2D eigenvalue weighted by atomic mass is 35.5. The Labute approximate surface area is 99.1 Å². The second-order valence-electron chi connectivity index (χ2n) is 3.86. The highest BCUT2D eigenvalue weighted by Gasteiger charge is 2.18. The lowest BCUT2D eigenvalue weighted by molar-refractivity contribution is 0.506. The molecule has 1 aliphatic rings. The van der Waals surface area contributed by atoms with Gasteiger partial charge in [0.25, 0.3) is 0 Å². The van der Waals surface area contributed by atoms with Crippen molar-refractivity contribution in [2.75, 3.05) is 6.54 Å². The second-order valence-corrected chi connectivity index (χ2v) is 4.22. The van der Waals surface area contributed by atoms with E-state index in [4.69, 9.17) is 11.6 Å². The summed E-state index contributed by atoms with van der Waals surface area (Å²) in [5, 5.41) is 4.04. The maximum absolute atomic E-state index is 6.35. The van der Waals surface area contributed by atoms with E-state index in [9.17, 15) is 0 Å². The van der Waals surface area contributed by atoms with Gasteiger partial charge in [-0.2, -0.15) is 0 Å². The lowest BCUT2D eigenvalue weighted by Crippen LogP contribution is -2.28. The highest BCUT2D eigenvalue weighted by molar-refractivity contribution is 6.32. The molecule has 0 radical (unpaired) electrons. The molecule has 2 aromatic rings. The Hall–Kier alpha value is -1.32. The quantitative estimate of drug-likeness (QED) is 0.819. The van der Waals surface area contributed by atoms with Crippen LogP contribution in [0.3, 0.4) is 0 Å². The average molecular weight is 234 g/mol. The van der Waals surface area contributed by atoms with Gasteiger partial charge in [-0.05, 0) is 0 Å². The van der Waals surface area contributed by atoms with Gasteiger partial charge < -0.3 is 9.88 Å². The molecule has 0 atom stereocenters. The Bertz CT molecular complexity index is 504. The number of rotatable bonds is 1. The summed E-state index contributed by atoms with van der Waals surface area (Å²) < 4.78 is 2.08. The zero-order valence-electron chi connectivity index (χ0n) is 8.78. The molecule has 0 aliphatic carbocycles. The van der Waals surface area contributed by atoms with E-state index in [0.29, 0.717) is 0 Å². The van der Waals surface area contributed by atoms with Gasteiger partial charge in [-0.1, -0.05) is 41.9 Å². The molecular formula is C12H12ClN3. The third-order valence-electron chi connectivity index (χ3n) is 2.83. The number of hydrogen-bond acceptors (Lipinski definition) is 2. The van der Waals surface area contributed by atoms with Crippen LogP contribution in [0.15, 0.2) is 30.3 Å². The van der Waals surface area contributed by atoms with E-state index in [2.05, 4.69) is 14.9 Å². The van der Waals surface area contributed by atoms with Gasteiger partial charge >= 0.3 is 0 Å². The van der Waals surface area contributed by atoms with Crippen molar-refractivity contribution in [2.45, 2.75) is 13.1 Å². The number of benzene rings is 1. The molecular weight excluding hydrogens is 222 g/mol. The molecule has 0 unspecified atom stereocenters. The third-order valence-corrected chi connectivity index (χ3v) is 3.21. The van der Waals surface area contributed by atoms with Crippen molar-refractivity contribution in [3.8, 4) is 11.3 Å². The van der Waals surface area contributed by atoms with Crippen LogP contribution in [-0.2, 0) is 13.1 Å². The Morgan fingerprint density at radius 3 is 2.81 bits per heavy atom. The number of halogens is 1. The Kier molecular flexibility index (Phi) is 2.42. The zero-order valence-corrected chi connectivity index (χ0v) is 9.54. The van der Waals surface area contributed by atoms with E-state index in [-0.39, 0.29) is 0 Å². The zero-order chi connectivity index (χ0) is 11.0. The first-order chi connectivity index (χ1) is 7.86. The number of fused-ring (bicyclic) bond motifs is 1. The monoisotopic (exact) mass is 233 g/mol. The van der Waals surface area contributed by atoms with Gasteiger partial charge in [0, 0.05) is 18.7 Å². The predicted octanol–water partition coefficient (Wildman–Crippen LogP) is 2.31. The van der Waals surface area contributed by atoms with E-state index in [1.165, 1.54) is 0 Å². The first-order valence-corrected chi connectivity index (χ1v) is 5.75. The molecule has 0 spiro atoms. The van der Waals surface area contributed by atoms with Crippen molar-refractivity contribution in [1.82, 2.24) is 14.9 Å². The molecule has 1 aromatic heterocycles. The van der Waals surface area contributed by atoms with Gasteiger partial charge in [0.15, 0.2) is 0 Å². The molecule has 2 heterocycles. The normalized spacial score (nSPS) is 14.8. The summed E-state index contributed by atoms with van der Waals surface area (Å²) in [7, 11) is 0. The lowest BCUT2D eigenvalue weighted by atomic mass is 10.2. The first kappa shape index (κ1) is 9.87. The Morgan fingerprint density at radius 1 is 1.25 bits per heavy atom. The highest BCUT2D eigenvalue weighted by Crippen LogP contribution is 2.28. The van der Waals surface area contributed by atoms with Crippen LogP contribution in [0.2, 0.25) is 5.15 Å². The molecule has 3 nitrogen and oxygen atoms in total. The van der Waals surface area contributed by atoms with Crippen LogP contribution in [0.25, 0.3) is 11.3 Å². The van der Waals surface area contributed by atoms with Gasteiger partial charge in [-0.3, -0.25) is 0 Å². The van der Waals surface area contributed by atoms with Crippen molar-refractivity contribution in [3.63, 3.8) is 0 Å². The molecule has 16 heavy (non-hydrogen) atoms. The van der Waals surface area contributed by atoms with Crippen LogP contribution in [-0.4, -0.2) is 16.1 Å². The topological polar surface area (TPSA) is 29.9 Å². The minimum absolute atomic E-state index is 0.753. The standard InChI is InChI=1S/C12H12ClN3/c13-12-11(9-4-2-1-3-5-9)15-10-8-14-6-7-16(10)12/h1-5,14H,6-8H2. The predicted molar refractivity (Wildman–Crippen MR) is 64.4 cm³/mol. The molecule has 0 saturated heterocycles. The van der Waals surface area contributed by atoms with E-state index in [0.717, 1.165) is 41.9 Å². The molecule has 1 N–H and O–H groups in total. The molecule has 0 amide bonds. The fourth-order valence-electron chi connectivity index (χ4n) is 2.01. The summed E-state index contributed by atoms with van der Waals surface area (Å²) in [5.74, 6) is 1.02. The van der Waals surface area contributed by atoms with E-state index >= 15 is 0 Å². The maximum atomic E-state index is 6.35. The first-order valence-electron chi connectivity index (χ1n) is 5.37. The van der Waals surface area contributed by atoms with Crippen LogP contribution in [0.5, 0.6) is 0 Å². The summed E-state index contributed by atoms with van der Waals surface area (Å²) in [6, 6.07) is 10.1. The maximum Gasteiger partial charge on any atom is 0.136 e. The van der Waals surface area contributed by atoms with E-state index < -0.39 is 0 Å². The molecule has 3 rings (SSSR count). The number of aromatic nitrogens is 2. The number of nitrogens with one attached hydrogen (secondary N) is 1. The number of imidazole rings is 1. The largest absolute Gasteiger partial charge is 0.316 e. The van der Waals surface area contributed by atoms with Gasteiger partial charge in [0.1, 0.15) is 16.7 Å². The Balaban J connectivity index is 2.12. The third kappa shape index (κ3) is 1.52. The van der Waals surface area contributed by atoms with Gasteiger partial charge in [-0.15, -0.1) is 0 Å². The molecule has 4 heteroatoms. The Morgan fingerprint density at radius 2 is 2.06 bits per heavy atom. The lowest BCUT2D eigenvalue weighted by Gasteiger charge is -2.15. The van der Waals surface area contributed by atoms with Crippen LogP contribution >= 0.6 is 11.6 Å². The molecule has 1 aliphatic heterocycles. The smallest absolute Gasteiger partial charge is 0.136 e.